The minimum Gasteiger partial charge on any atom is -0.324 e. The zero-order valence-electron chi connectivity index (χ0n) is 9.40. The molecule has 2 rings (SSSR count). The molecule has 0 amide bonds. The van der Waals surface area contributed by atoms with Crippen molar-refractivity contribution in [1.82, 2.24) is 9.78 Å². The van der Waals surface area contributed by atoms with Gasteiger partial charge < -0.3 is 5.73 Å². The highest BCUT2D eigenvalue weighted by atomic mass is 35.5. The number of aromatic nitrogens is 2. The predicted octanol–water partition coefficient (Wildman–Crippen LogP) is 2.74. The number of hydrogen-bond acceptors (Lipinski definition) is 2. The highest BCUT2D eigenvalue weighted by molar-refractivity contribution is 6.31. The summed E-state index contributed by atoms with van der Waals surface area (Å²) in [4.78, 5) is 0. The Morgan fingerprint density at radius 1 is 1.53 bits per heavy atom. The lowest BCUT2D eigenvalue weighted by molar-refractivity contribution is 0.619. The van der Waals surface area contributed by atoms with E-state index in [0.717, 1.165) is 5.56 Å². The molecule has 0 saturated heterocycles. The van der Waals surface area contributed by atoms with E-state index < -0.39 is 5.82 Å². The van der Waals surface area contributed by atoms with Gasteiger partial charge in [0.15, 0.2) is 0 Å². The van der Waals surface area contributed by atoms with Crippen molar-refractivity contribution < 1.29 is 4.39 Å². The van der Waals surface area contributed by atoms with Crippen LogP contribution in [0.3, 0.4) is 0 Å². The monoisotopic (exact) mass is 253 g/mol. The SMILES string of the molecule is CC(N)c1cnn(Cc2cccc(F)c2Cl)c1. The molecule has 0 fully saturated rings. The first-order valence-electron chi connectivity index (χ1n) is 5.28. The Morgan fingerprint density at radius 3 is 2.94 bits per heavy atom. The number of nitrogens with zero attached hydrogens (tertiary/aromatic N) is 2. The Bertz CT molecular complexity index is 522. The minimum absolute atomic E-state index is 0.0632. The second kappa shape index (κ2) is 4.85. The molecule has 1 aromatic heterocycles. The average molecular weight is 254 g/mol. The van der Waals surface area contributed by atoms with Gasteiger partial charge in [-0.2, -0.15) is 5.10 Å². The molecule has 5 heteroatoms. The Labute approximate surface area is 104 Å². The predicted molar refractivity (Wildman–Crippen MR) is 65.3 cm³/mol. The van der Waals surface area contributed by atoms with Gasteiger partial charge in [-0.15, -0.1) is 0 Å². The Hall–Kier alpha value is -1.39. The van der Waals surface area contributed by atoms with Crippen LogP contribution in [0.5, 0.6) is 0 Å². The van der Waals surface area contributed by atoms with E-state index in [1.54, 1.807) is 23.0 Å². The van der Waals surface area contributed by atoms with E-state index in [9.17, 15) is 4.39 Å². The van der Waals surface area contributed by atoms with Crippen molar-refractivity contribution in [2.75, 3.05) is 0 Å². The van der Waals surface area contributed by atoms with Gasteiger partial charge in [0.05, 0.1) is 17.8 Å². The van der Waals surface area contributed by atoms with E-state index in [1.165, 1.54) is 6.07 Å². The molecular weight excluding hydrogens is 241 g/mol. The Morgan fingerprint density at radius 2 is 2.29 bits per heavy atom. The molecule has 0 aliphatic carbocycles. The van der Waals surface area contributed by atoms with E-state index in [-0.39, 0.29) is 11.1 Å². The molecule has 1 unspecified atom stereocenters. The summed E-state index contributed by atoms with van der Waals surface area (Å²) in [5.74, 6) is -0.413. The summed E-state index contributed by atoms with van der Waals surface area (Å²) in [7, 11) is 0. The van der Waals surface area contributed by atoms with Crippen LogP contribution in [-0.2, 0) is 6.54 Å². The van der Waals surface area contributed by atoms with Crippen LogP contribution < -0.4 is 5.73 Å². The zero-order chi connectivity index (χ0) is 12.4. The van der Waals surface area contributed by atoms with Gasteiger partial charge in [-0.1, -0.05) is 23.7 Å². The molecule has 0 spiro atoms. The molecule has 2 N–H and O–H groups in total. The van der Waals surface area contributed by atoms with Crippen molar-refractivity contribution in [3.63, 3.8) is 0 Å². The van der Waals surface area contributed by atoms with E-state index in [4.69, 9.17) is 17.3 Å². The van der Waals surface area contributed by atoms with Crippen LogP contribution in [0.15, 0.2) is 30.6 Å². The van der Waals surface area contributed by atoms with Crippen molar-refractivity contribution in [2.45, 2.75) is 19.5 Å². The molecule has 0 aliphatic rings. The van der Waals surface area contributed by atoms with Gasteiger partial charge in [0, 0.05) is 17.8 Å². The van der Waals surface area contributed by atoms with Crippen molar-refractivity contribution in [1.29, 1.82) is 0 Å². The topological polar surface area (TPSA) is 43.8 Å². The van der Waals surface area contributed by atoms with Gasteiger partial charge in [0.1, 0.15) is 5.82 Å². The first kappa shape index (κ1) is 12.1. The molecule has 2 aromatic rings. The van der Waals surface area contributed by atoms with Crippen LogP contribution in [0, 0.1) is 5.82 Å². The highest BCUT2D eigenvalue weighted by Crippen LogP contribution is 2.20. The summed E-state index contributed by atoms with van der Waals surface area (Å²) in [6.45, 7) is 2.32. The van der Waals surface area contributed by atoms with Crippen LogP contribution in [-0.4, -0.2) is 9.78 Å². The molecule has 0 aliphatic heterocycles. The maximum atomic E-state index is 13.2. The molecule has 1 atom stereocenters. The number of hydrogen-bond donors (Lipinski definition) is 1. The van der Waals surface area contributed by atoms with Crippen LogP contribution in [0.2, 0.25) is 5.02 Å². The molecular formula is C12H13ClFN3. The molecule has 1 aromatic carbocycles. The van der Waals surface area contributed by atoms with Gasteiger partial charge in [0.2, 0.25) is 0 Å². The summed E-state index contributed by atoms with van der Waals surface area (Å²) >= 11 is 5.87. The number of benzene rings is 1. The minimum atomic E-state index is -0.413. The smallest absolute Gasteiger partial charge is 0.142 e. The number of halogens is 2. The molecule has 3 nitrogen and oxygen atoms in total. The fraction of sp³-hybridized carbons (Fsp3) is 0.250. The van der Waals surface area contributed by atoms with E-state index >= 15 is 0 Å². The third-order valence-electron chi connectivity index (χ3n) is 2.54. The quantitative estimate of drug-likeness (QED) is 0.914. The average Bonchev–Trinajstić information content (AvgIpc) is 2.73. The van der Waals surface area contributed by atoms with Crippen molar-refractivity contribution in [3.05, 3.63) is 52.6 Å². The Balaban J connectivity index is 2.22. The third-order valence-corrected chi connectivity index (χ3v) is 2.97. The molecule has 0 bridgehead atoms. The van der Waals surface area contributed by atoms with Crippen molar-refractivity contribution in [3.8, 4) is 0 Å². The van der Waals surface area contributed by atoms with Crippen LogP contribution in [0.25, 0.3) is 0 Å². The van der Waals surface area contributed by atoms with Crippen LogP contribution >= 0.6 is 11.6 Å². The third kappa shape index (κ3) is 2.65. The number of nitrogens with two attached hydrogens (primary N) is 1. The summed E-state index contributed by atoms with van der Waals surface area (Å²) in [6.07, 6.45) is 3.55. The van der Waals surface area contributed by atoms with Crippen LogP contribution in [0.4, 0.5) is 4.39 Å². The van der Waals surface area contributed by atoms with E-state index in [2.05, 4.69) is 5.10 Å². The first-order valence-corrected chi connectivity index (χ1v) is 5.66. The lowest BCUT2D eigenvalue weighted by Crippen LogP contribution is -2.04. The maximum absolute atomic E-state index is 13.2. The summed E-state index contributed by atoms with van der Waals surface area (Å²) in [5, 5.41) is 4.30. The molecule has 17 heavy (non-hydrogen) atoms. The maximum Gasteiger partial charge on any atom is 0.142 e. The number of rotatable bonds is 3. The molecule has 0 radical (unpaired) electrons. The van der Waals surface area contributed by atoms with Crippen molar-refractivity contribution in [2.24, 2.45) is 5.73 Å². The molecule has 90 valence electrons. The van der Waals surface area contributed by atoms with Gasteiger partial charge >= 0.3 is 0 Å². The van der Waals surface area contributed by atoms with Gasteiger partial charge in [0.25, 0.3) is 0 Å². The largest absolute Gasteiger partial charge is 0.324 e. The van der Waals surface area contributed by atoms with E-state index in [0.29, 0.717) is 12.1 Å². The first-order chi connectivity index (χ1) is 8.08. The zero-order valence-corrected chi connectivity index (χ0v) is 10.2. The molecule has 0 saturated carbocycles. The summed E-state index contributed by atoms with van der Waals surface area (Å²) in [5.41, 5.74) is 7.38. The summed E-state index contributed by atoms with van der Waals surface area (Å²) in [6, 6.07) is 4.68. The van der Waals surface area contributed by atoms with Gasteiger partial charge in [-0.3, -0.25) is 4.68 Å². The standard InChI is InChI=1S/C12H13ClFN3/c1-8(15)10-5-16-17(7-10)6-9-3-2-4-11(14)12(9)13/h2-5,7-8H,6,15H2,1H3. The lowest BCUT2D eigenvalue weighted by Gasteiger charge is -2.05. The highest BCUT2D eigenvalue weighted by Gasteiger charge is 2.08. The fourth-order valence-electron chi connectivity index (χ4n) is 1.55. The fourth-order valence-corrected chi connectivity index (χ4v) is 1.73. The second-order valence-corrected chi connectivity index (χ2v) is 4.35. The second-order valence-electron chi connectivity index (χ2n) is 3.97. The van der Waals surface area contributed by atoms with Crippen molar-refractivity contribution >= 4 is 11.6 Å². The van der Waals surface area contributed by atoms with Gasteiger partial charge in [-0.05, 0) is 18.6 Å². The molecule has 1 heterocycles. The Kier molecular flexibility index (Phi) is 3.45. The van der Waals surface area contributed by atoms with Gasteiger partial charge in [-0.25, -0.2) is 4.39 Å². The lowest BCUT2D eigenvalue weighted by atomic mass is 10.2. The van der Waals surface area contributed by atoms with E-state index in [1.807, 2.05) is 13.1 Å². The van der Waals surface area contributed by atoms with Crippen LogP contribution in [0.1, 0.15) is 24.1 Å². The normalized spacial score (nSPS) is 12.7. The summed E-state index contributed by atoms with van der Waals surface area (Å²) < 4.78 is 14.9.